The fraction of sp³-hybridized carbons (Fsp3) is 0. The van der Waals surface area contributed by atoms with Crippen LogP contribution in [0.4, 0.5) is 0 Å². The van der Waals surface area contributed by atoms with E-state index in [0.29, 0.717) is 0 Å². The van der Waals surface area contributed by atoms with Crippen molar-refractivity contribution < 1.29 is 4.42 Å². The number of fused-ring (bicyclic) bond motifs is 4. The summed E-state index contributed by atoms with van der Waals surface area (Å²) < 4.78 is 9.13. The van der Waals surface area contributed by atoms with Crippen LogP contribution >= 0.6 is 11.3 Å². The highest BCUT2D eigenvalue weighted by molar-refractivity contribution is 7.21. The minimum Gasteiger partial charge on any atom is -0.463 e. The van der Waals surface area contributed by atoms with Crippen molar-refractivity contribution in [3.8, 4) is 39.0 Å². The highest BCUT2D eigenvalue weighted by Crippen LogP contribution is 2.37. The zero-order valence-electron chi connectivity index (χ0n) is 20.8. The molecule has 0 amide bonds. The normalized spacial score (nSPS) is 11.6. The third kappa shape index (κ3) is 3.67. The SMILES string of the molecule is c1cc(-c2cccc(-c3ccco3)n2)cc(-n2c3ccccc3c3ccc(-c4nc5ccccc5s4)cc32)c1. The molecule has 184 valence electrons. The molecule has 0 radical (unpaired) electrons. The molecule has 0 saturated heterocycles. The second-order valence-corrected chi connectivity index (χ2v) is 10.5. The summed E-state index contributed by atoms with van der Waals surface area (Å²) >= 11 is 1.73. The van der Waals surface area contributed by atoms with Gasteiger partial charge in [0.2, 0.25) is 0 Å². The molecule has 0 aliphatic carbocycles. The highest BCUT2D eigenvalue weighted by Gasteiger charge is 2.15. The number of thiazole rings is 1. The summed E-state index contributed by atoms with van der Waals surface area (Å²) in [4.78, 5) is 9.82. The maximum absolute atomic E-state index is 5.59. The monoisotopic (exact) mass is 519 g/mol. The van der Waals surface area contributed by atoms with E-state index in [2.05, 4.69) is 89.5 Å². The molecule has 0 bridgehead atoms. The largest absolute Gasteiger partial charge is 0.463 e. The molecule has 0 fully saturated rings. The summed E-state index contributed by atoms with van der Waals surface area (Å²) in [5.41, 5.74) is 8.35. The van der Waals surface area contributed by atoms with Gasteiger partial charge in [-0.2, -0.15) is 0 Å². The van der Waals surface area contributed by atoms with E-state index in [0.717, 1.165) is 50.0 Å². The first-order valence-corrected chi connectivity index (χ1v) is 13.6. The molecule has 0 saturated carbocycles. The second kappa shape index (κ2) is 8.79. The maximum Gasteiger partial charge on any atom is 0.152 e. The topological polar surface area (TPSA) is 43.9 Å². The minimum absolute atomic E-state index is 0.762. The molecule has 0 aliphatic rings. The van der Waals surface area contributed by atoms with Gasteiger partial charge in [0.25, 0.3) is 0 Å². The molecule has 4 aromatic heterocycles. The van der Waals surface area contributed by atoms with E-state index in [9.17, 15) is 0 Å². The summed E-state index contributed by atoms with van der Waals surface area (Å²) in [7, 11) is 0. The summed E-state index contributed by atoms with van der Waals surface area (Å²) in [5.74, 6) is 0.762. The van der Waals surface area contributed by atoms with Gasteiger partial charge in [-0.05, 0) is 60.7 Å². The van der Waals surface area contributed by atoms with Gasteiger partial charge in [-0.25, -0.2) is 9.97 Å². The molecule has 5 heteroatoms. The number of benzene rings is 4. The first kappa shape index (κ1) is 22.0. The lowest BCUT2D eigenvalue weighted by atomic mass is 10.1. The summed E-state index contributed by atoms with van der Waals surface area (Å²) in [5, 5.41) is 3.48. The van der Waals surface area contributed by atoms with Crippen molar-refractivity contribution in [1.82, 2.24) is 14.5 Å². The van der Waals surface area contributed by atoms with Gasteiger partial charge in [-0.3, -0.25) is 0 Å². The number of hydrogen-bond donors (Lipinski definition) is 0. The number of pyridine rings is 1. The molecule has 4 nitrogen and oxygen atoms in total. The molecular weight excluding hydrogens is 498 g/mol. The van der Waals surface area contributed by atoms with Crippen LogP contribution in [0.25, 0.3) is 71.0 Å². The van der Waals surface area contributed by atoms with E-state index in [-0.39, 0.29) is 0 Å². The van der Waals surface area contributed by atoms with Gasteiger partial charge in [-0.1, -0.05) is 60.7 Å². The van der Waals surface area contributed by atoms with Crippen molar-refractivity contribution in [1.29, 1.82) is 0 Å². The molecule has 0 spiro atoms. The quantitative estimate of drug-likeness (QED) is 0.233. The van der Waals surface area contributed by atoms with Crippen molar-refractivity contribution in [3.63, 3.8) is 0 Å². The van der Waals surface area contributed by atoms with Crippen molar-refractivity contribution >= 4 is 43.4 Å². The lowest BCUT2D eigenvalue weighted by Crippen LogP contribution is -1.95. The molecule has 4 heterocycles. The Labute approximate surface area is 228 Å². The van der Waals surface area contributed by atoms with Gasteiger partial charge in [0.1, 0.15) is 10.7 Å². The van der Waals surface area contributed by atoms with Gasteiger partial charge in [-0.15, -0.1) is 11.3 Å². The number of nitrogens with zero attached hydrogens (tertiary/aromatic N) is 3. The van der Waals surface area contributed by atoms with Crippen molar-refractivity contribution in [2.24, 2.45) is 0 Å². The van der Waals surface area contributed by atoms with E-state index < -0.39 is 0 Å². The van der Waals surface area contributed by atoms with Gasteiger partial charge >= 0.3 is 0 Å². The van der Waals surface area contributed by atoms with E-state index in [1.165, 1.54) is 21.0 Å². The Morgan fingerprint density at radius 1 is 0.590 bits per heavy atom. The van der Waals surface area contributed by atoms with E-state index in [4.69, 9.17) is 14.4 Å². The fourth-order valence-electron chi connectivity index (χ4n) is 5.34. The van der Waals surface area contributed by atoms with Crippen molar-refractivity contribution in [3.05, 3.63) is 128 Å². The summed E-state index contributed by atoms with van der Waals surface area (Å²) in [6.07, 6.45) is 1.68. The Hall–Kier alpha value is -5.00. The first-order chi connectivity index (χ1) is 19.3. The van der Waals surface area contributed by atoms with Gasteiger partial charge in [0.05, 0.1) is 33.2 Å². The van der Waals surface area contributed by atoms with Gasteiger partial charge in [0.15, 0.2) is 5.76 Å². The molecule has 4 aromatic carbocycles. The minimum atomic E-state index is 0.762. The summed E-state index contributed by atoms with van der Waals surface area (Å²) in [6, 6.07) is 42.1. The Morgan fingerprint density at radius 2 is 1.44 bits per heavy atom. The van der Waals surface area contributed by atoms with Crippen LogP contribution in [0.3, 0.4) is 0 Å². The van der Waals surface area contributed by atoms with Crippen LogP contribution in [0.5, 0.6) is 0 Å². The van der Waals surface area contributed by atoms with Crippen LogP contribution < -0.4 is 0 Å². The van der Waals surface area contributed by atoms with Crippen LogP contribution in [-0.4, -0.2) is 14.5 Å². The Balaban J connectivity index is 1.31. The van der Waals surface area contributed by atoms with Crippen LogP contribution in [0.2, 0.25) is 0 Å². The van der Waals surface area contributed by atoms with Crippen LogP contribution in [0.15, 0.2) is 132 Å². The first-order valence-electron chi connectivity index (χ1n) is 12.8. The van der Waals surface area contributed by atoms with Gasteiger partial charge < -0.3 is 8.98 Å². The third-order valence-electron chi connectivity index (χ3n) is 7.14. The Kier molecular flexibility index (Phi) is 4.96. The third-order valence-corrected chi connectivity index (χ3v) is 8.22. The Bertz CT molecular complexity index is 2100. The summed E-state index contributed by atoms with van der Waals surface area (Å²) in [6.45, 7) is 0. The number of rotatable bonds is 4. The molecule has 8 aromatic rings. The molecule has 0 atom stereocenters. The average Bonchev–Trinajstić information content (AvgIpc) is 3.75. The van der Waals surface area contributed by atoms with E-state index >= 15 is 0 Å². The molecule has 39 heavy (non-hydrogen) atoms. The van der Waals surface area contributed by atoms with Gasteiger partial charge in [0, 0.05) is 27.6 Å². The zero-order valence-corrected chi connectivity index (χ0v) is 21.6. The van der Waals surface area contributed by atoms with E-state index in [1.54, 1.807) is 17.6 Å². The fourth-order valence-corrected chi connectivity index (χ4v) is 6.30. The van der Waals surface area contributed by atoms with Crippen molar-refractivity contribution in [2.45, 2.75) is 0 Å². The standard InChI is InChI=1S/C34H21N3OS/c1-3-14-30-25(10-1)26-18-17-23(34-36-29-11-2-4-16-33(29)39-34)21-31(26)37(30)24-9-5-8-22(20-24)27-12-6-13-28(35-27)32-15-7-19-38-32/h1-21H. The smallest absolute Gasteiger partial charge is 0.152 e. The highest BCUT2D eigenvalue weighted by atomic mass is 32.1. The molecular formula is C34H21N3OS. The lowest BCUT2D eigenvalue weighted by Gasteiger charge is -2.11. The molecule has 8 rings (SSSR count). The molecule has 0 unspecified atom stereocenters. The number of aromatic nitrogens is 3. The van der Waals surface area contributed by atoms with E-state index in [1.807, 2.05) is 36.4 Å². The number of para-hydroxylation sites is 2. The van der Waals surface area contributed by atoms with Crippen LogP contribution in [0, 0.1) is 0 Å². The molecule has 0 aliphatic heterocycles. The average molecular weight is 520 g/mol. The lowest BCUT2D eigenvalue weighted by molar-refractivity contribution is 0.580. The number of hydrogen-bond acceptors (Lipinski definition) is 4. The predicted octanol–water partition coefficient (Wildman–Crippen LogP) is 9.38. The maximum atomic E-state index is 5.59. The van der Waals surface area contributed by atoms with Crippen LogP contribution in [-0.2, 0) is 0 Å². The zero-order chi connectivity index (χ0) is 25.8. The van der Waals surface area contributed by atoms with Crippen LogP contribution in [0.1, 0.15) is 0 Å². The number of furan rings is 1. The predicted molar refractivity (Wildman–Crippen MR) is 160 cm³/mol. The Morgan fingerprint density at radius 3 is 2.36 bits per heavy atom. The second-order valence-electron chi connectivity index (χ2n) is 9.51. The van der Waals surface area contributed by atoms with Crippen molar-refractivity contribution in [2.75, 3.05) is 0 Å². The molecule has 0 N–H and O–H groups in total.